The zero-order valence-electron chi connectivity index (χ0n) is 16.1. The number of ether oxygens (including phenoxy) is 1. The van der Waals surface area contributed by atoms with Gasteiger partial charge in [0.05, 0.1) is 31.6 Å². The predicted molar refractivity (Wildman–Crippen MR) is 103 cm³/mol. The first-order valence-corrected chi connectivity index (χ1v) is 9.24. The van der Waals surface area contributed by atoms with Crippen LogP contribution in [0.2, 0.25) is 0 Å². The van der Waals surface area contributed by atoms with Crippen LogP contribution in [0.4, 0.5) is 0 Å². The van der Waals surface area contributed by atoms with Crippen molar-refractivity contribution in [3.8, 4) is 5.75 Å². The molecule has 28 heavy (non-hydrogen) atoms. The second-order valence-electron chi connectivity index (χ2n) is 6.52. The van der Waals surface area contributed by atoms with Crippen LogP contribution in [0.1, 0.15) is 24.7 Å². The summed E-state index contributed by atoms with van der Waals surface area (Å²) in [6.07, 6.45) is 2.40. The van der Waals surface area contributed by atoms with Crippen LogP contribution in [0.5, 0.6) is 5.75 Å². The minimum atomic E-state index is -0.404. The summed E-state index contributed by atoms with van der Waals surface area (Å²) in [7, 11) is 1.69. The van der Waals surface area contributed by atoms with Crippen molar-refractivity contribution in [3.63, 3.8) is 0 Å². The van der Waals surface area contributed by atoms with Crippen LogP contribution < -0.4 is 4.74 Å². The van der Waals surface area contributed by atoms with Gasteiger partial charge in [-0.05, 0) is 36.2 Å². The highest BCUT2D eigenvalue weighted by atomic mass is 16.5. The molecule has 1 aromatic carbocycles. The molecule has 1 N–H and O–H groups in total. The third-order valence-electron chi connectivity index (χ3n) is 4.47. The van der Waals surface area contributed by atoms with E-state index < -0.39 is 5.91 Å². The van der Waals surface area contributed by atoms with E-state index in [2.05, 4.69) is 0 Å². The molecule has 1 aromatic heterocycles. The molecular weight excluding hydrogens is 360 g/mol. The highest BCUT2D eigenvalue weighted by Crippen LogP contribution is 2.32. The summed E-state index contributed by atoms with van der Waals surface area (Å²) in [5.74, 6) is 0.443. The molecule has 3 rings (SSSR count). The smallest absolute Gasteiger partial charge is 0.278 e. The molecule has 2 aromatic rings. The molecule has 0 fully saturated rings. The number of likely N-dealkylation sites (N-methyl/N-ethyl adjacent to an activating group) is 1. The largest absolute Gasteiger partial charge is 0.494 e. The molecule has 2 heterocycles. The average molecular weight is 384 g/mol. The van der Waals surface area contributed by atoms with E-state index in [0.29, 0.717) is 29.3 Å². The molecule has 0 bridgehead atoms. The number of aliphatic hydroxyl groups is 1. The standard InChI is InChI=1S/C21H24N2O5/c1-3-12-27-16-8-6-15(7-9-16)18-19(22(2)10-11-24)21(26)23(20(18)25)14-17-5-4-13-28-17/h4-9,13,24H,3,10-12,14H2,1-2H3. The molecule has 1 aliphatic rings. The molecule has 0 saturated heterocycles. The van der Waals surface area contributed by atoms with Gasteiger partial charge in [-0.25, -0.2) is 0 Å². The van der Waals surface area contributed by atoms with Gasteiger partial charge < -0.3 is 19.2 Å². The number of imide groups is 1. The maximum Gasteiger partial charge on any atom is 0.278 e. The zero-order valence-corrected chi connectivity index (χ0v) is 16.1. The molecular formula is C21H24N2O5. The van der Waals surface area contributed by atoms with Gasteiger partial charge in [-0.2, -0.15) is 0 Å². The van der Waals surface area contributed by atoms with Crippen LogP contribution in [0.15, 0.2) is 52.8 Å². The van der Waals surface area contributed by atoms with Gasteiger partial charge in [-0.1, -0.05) is 19.1 Å². The highest BCUT2D eigenvalue weighted by Gasteiger charge is 2.41. The van der Waals surface area contributed by atoms with Crippen molar-refractivity contribution >= 4 is 17.4 Å². The topological polar surface area (TPSA) is 83.2 Å². The van der Waals surface area contributed by atoms with Crippen molar-refractivity contribution in [1.82, 2.24) is 9.80 Å². The van der Waals surface area contributed by atoms with Crippen molar-refractivity contribution in [2.75, 3.05) is 26.8 Å². The Hall–Kier alpha value is -3.06. The Kier molecular flexibility index (Phi) is 6.16. The average Bonchev–Trinajstić information content (AvgIpc) is 3.29. The number of amides is 2. The summed E-state index contributed by atoms with van der Waals surface area (Å²) < 4.78 is 10.9. The van der Waals surface area contributed by atoms with E-state index in [0.717, 1.165) is 6.42 Å². The molecule has 148 valence electrons. The second kappa shape index (κ2) is 8.75. The third-order valence-corrected chi connectivity index (χ3v) is 4.47. The normalized spacial score (nSPS) is 14.2. The predicted octanol–water partition coefficient (Wildman–Crippen LogP) is 2.27. The number of hydrogen-bond acceptors (Lipinski definition) is 6. The minimum Gasteiger partial charge on any atom is -0.494 e. The number of nitrogens with zero attached hydrogens (tertiary/aromatic N) is 2. The Labute approximate surface area is 163 Å². The van der Waals surface area contributed by atoms with E-state index in [9.17, 15) is 14.7 Å². The van der Waals surface area contributed by atoms with Gasteiger partial charge in [0.25, 0.3) is 11.8 Å². The molecule has 2 amide bonds. The van der Waals surface area contributed by atoms with Crippen LogP contribution in [0, 0.1) is 0 Å². The van der Waals surface area contributed by atoms with Gasteiger partial charge in [-0.3, -0.25) is 14.5 Å². The third kappa shape index (κ3) is 3.94. The van der Waals surface area contributed by atoms with E-state index in [1.165, 1.54) is 11.2 Å². The van der Waals surface area contributed by atoms with Crippen LogP contribution in [0.25, 0.3) is 5.57 Å². The Morgan fingerprint density at radius 3 is 2.50 bits per heavy atom. The second-order valence-corrected chi connectivity index (χ2v) is 6.52. The summed E-state index contributed by atoms with van der Waals surface area (Å²) in [6.45, 7) is 2.81. The monoisotopic (exact) mass is 384 g/mol. The van der Waals surface area contributed by atoms with E-state index in [-0.39, 0.29) is 31.3 Å². The lowest BCUT2D eigenvalue weighted by atomic mass is 10.0. The van der Waals surface area contributed by atoms with Gasteiger partial charge >= 0.3 is 0 Å². The van der Waals surface area contributed by atoms with E-state index in [4.69, 9.17) is 9.15 Å². The fourth-order valence-corrected chi connectivity index (χ4v) is 3.08. The number of aliphatic hydroxyl groups excluding tert-OH is 1. The lowest BCUT2D eigenvalue weighted by molar-refractivity contribution is -0.138. The Morgan fingerprint density at radius 1 is 1.14 bits per heavy atom. The van der Waals surface area contributed by atoms with Crippen molar-refractivity contribution in [1.29, 1.82) is 0 Å². The molecule has 0 aliphatic carbocycles. The maximum absolute atomic E-state index is 13.1. The Balaban J connectivity index is 1.95. The van der Waals surface area contributed by atoms with Crippen molar-refractivity contribution in [2.24, 2.45) is 0 Å². The van der Waals surface area contributed by atoms with Crippen LogP contribution >= 0.6 is 0 Å². The van der Waals surface area contributed by atoms with E-state index in [1.54, 1.807) is 48.3 Å². The lowest BCUT2D eigenvalue weighted by Crippen LogP contribution is -2.34. The summed E-state index contributed by atoms with van der Waals surface area (Å²) in [4.78, 5) is 28.9. The molecule has 0 atom stereocenters. The zero-order chi connectivity index (χ0) is 20.1. The molecule has 7 nitrogen and oxygen atoms in total. The number of furan rings is 1. The quantitative estimate of drug-likeness (QED) is 0.668. The van der Waals surface area contributed by atoms with Crippen molar-refractivity contribution in [3.05, 3.63) is 59.7 Å². The Bertz CT molecular complexity index is 855. The first kappa shape index (κ1) is 19.7. The first-order valence-electron chi connectivity index (χ1n) is 9.24. The van der Waals surface area contributed by atoms with Crippen LogP contribution in [-0.4, -0.2) is 53.5 Å². The van der Waals surface area contributed by atoms with Crippen LogP contribution in [-0.2, 0) is 16.1 Å². The highest BCUT2D eigenvalue weighted by molar-refractivity contribution is 6.35. The van der Waals surface area contributed by atoms with Crippen molar-refractivity contribution < 1.29 is 23.8 Å². The van der Waals surface area contributed by atoms with Gasteiger partial charge in [-0.15, -0.1) is 0 Å². The number of benzene rings is 1. The lowest BCUT2D eigenvalue weighted by Gasteiger charge is -2.20. The fourth-order valence-electron chi connectivity index (χ4n) is 3.08. The minimum absolute atomic E-state index is 0.0579. The van der Waals surface area contributed by atoms with Crippen LogP contribution in [0.3, 0.4) is 0 Å². The molecule has 0 spiro atoms. The van der Waals surface area contributed by atoms with E-state index >= 15 is 0 Å². The molecule has 0 unspecified atom stereocenters. The van der Waals surface area contributed by atoms with Gasteiger partial charge in [0, 0.05) is 13.6 Å². The fraction of sp³-hybridized carbons (Fsp3) is 0.333. The number of carbonyl (C=O) groups excluding carboxylic acids is 2. The molecule has 0 saturated carbocycles. The Morgan fingerprint density at radius 2 is 1.89 bits per heavy atom. The van der Waals surface area contributed by atoms with Gasteiger partial charge in [0.1, 0.15) is 17.2 Å². The number of hydrogen-bond donors (Lipinski definition) is 1. The van der Waals surface area contributed by atoms with Gasteiger partial charge in [0.15, 0.2) is 0 Å². The molecule has 1 aliphatic heterocycles. The van der Waals surface area contributed by atoms with Crippen molar-refractivity contribution in [2.45, 2.75) is 19.9 Å². The first-order chi connectivity index (χ1) is 13.6. The summed E-state index contributed by atoms with van der Waals surface area (Å²) >= 11 is 0. The SMILES string of the molecule is CCCOc1ccc(C2=C(N(C)CCO)C(=O)N(Cc3ccco3)C2=O)cc1. The molecule has 7 heteroatoms. The summed E-state index contributed by atoms with van der Waals surface area (Å²) in [5.41, 5.74) is 1.21. The molecule has 0 radical (unpaired) electrons. The van der Waals surface area contributed by atoms with Gasteiger partial charge in [0.2, 0.25) is 0 Å². The summed E-state index contributed by atoms with van der Waals surface area (Å²) in [6, 6.07) is 10.5. The summed E-state index contributed by atoms with van der Waals surface area (Å²) in [5, 5.41) is 9.29. The maximum atomic E-state index is 13.1. The van der Waals surface area contributed by atoms with E-state index in [1.807, 2.05) is 6.92 Å². The number of rotatable bonds is 9. The number of carbonyl (C=O) groups is 2.